The summed E-state index contributed by atoms with van der Waals surface area (Å²) in [6, 6.07) is 16.3. The Morgan fingerprint density at radius 2 is 2.00 bits per heavy atom. The number of aromatic nitrogens is 2. The minimum atomic E-state index is -0.00381. The van der Waals surface area contributed by atoms with Crippen LogP contribution < -0.4 is 5.32 Å². The third kappa shape index (κ3) is 3.48. The van der Waals surface area contributed by atoms with E-state index in [9.17, 15) is 4.79 Å². The molecule has 1 aliphatic rings. The van der Waals surface area contributed by atoms with Gasteiger partial charge < -0.3 is 9.88 Å². The number of benzene rings is 2. The van der Waals surface area contributed by atoms with Crippen LogP contribution in [-0.4, -0.2) is 15.5 Å². The van der Waals surface area contributed by atoms with E-state index in [2.05, 4.69) is 28.5 Å². The largest absolute Gasteiger partial charge is 0.345 e. The monoisotopic (exact) mass is 331 g/mol. The number of aryl methyl sites for hydroxylation is 1. The van der Waals surface area contributed by atoms with E-state index in [1.165, 1.54) is 11.1 Å². The van der Waals surface area contributed by atoms with Gasteiger partial charge in [-0.1, -0.05) is 36.4 Å². The molecule has 0 saturated heterocycles. The second-order valence-corrected chi connectivity index (χ2v) is 6.55. The van der Waals surface area contributed by atoms with Gasteiger partial charge in [0.2, 0.25) is 0 Å². The molecule has 0 spiro atoms. The highest BCUT2D eigenvalue weighted by molar-refractivity contribution is 5.94. The Labute approximate surface area is 147 Å². The van der Waals surface area contributed by atoms with Gasteiger partial charge >= 0.3 is 0 Å². The average molecular weight is 331 g/mol. The van der Waals surface area contributed by atoms with Crippen molar-refractivity contribution in [3.63, 3.8) is 0 Å². The van der Waals surface area contributed by atoms with Gasteiger partial charge in [0, 0.05) is 24.5 Å². The van der Waals surface area contributed by atoms with Crippen molar-refractivity contribution in [3.05, 3.63) is 89.5 Å². The van der Waals surface area contributed by atoms with Gasteiger partial charge in [0.15, 0.2) is 0 Å². The number of imidazole rings is 1. The first-order chi connectivity index (χ1) is 12.3. The lowest BCUT2D eigenvalue weighted by molar-refractivity contribution is 0.0932. The molecule has 0 aliphatic heterocycles. The zero-order chi connectivity index (χ0) is 17.1. The number of nitrogens with one attached hydrogen (secondary N) is 1. The first-order valence-electron chi connectivity index (χ1n) is 8.73. The normalized spacial score (nSPS) is 16.2. The van der Waals surface area contributed by atoms with Crippen LogP contribution in [0.1, 0.15) is 45.9 Å². The van der Waals surface area contributed by atoms with Crippen molar-refractivity contribution in [3.8, 4) is 0 Å². The fourth-order valence-electron chi connectivity index (χ4n) is 3.50. The number of carbonyl (C=O) groups is 1. The van der Waals surface area contributed by atoms with Gasteiger partial charge in [-0.3, -0.25) is 4.79 Å². The van der Waals surface area contributed by atoms with E-state index >= 15 is 0 Å². The lowest BCUT2D eigenvalue weighted by Gasteiger charge is -2.26. The molecule has 4 nitrogen and oxygen atoms in total. The van der Waals surface area contributed by atoms with Crippen molar-refractivity contribution in [2.45, 2.75) is 31.8 Å². The molecule has 25 heavy (non-hydrogen) atoms. The number of nitrogens with zero attached hydrogens (tertiary/aromatic N) is 2. The van der Waals surface area contributed by atoms with Crippen LogP contribution in [0, 0.1) is 0 Å². The Morgan fingerprint density at radius 3 is 2.80 bits per heavy atom. The van der Waals surface area contributed by atoms with Crippen LogP contribution in [0.25, 0.3) is 0 Å². The van der Waals surface area contributed by atoms with E-state index in [4.69, 9.17) is 0 Å². The van der Waals surface area contributed by atoms with Crippen LogP contribution in [0.4, 0.5) is 0 Å². The number of carbonyl (C=O) groups excluding carboxylic acids is 1. The lowest BCUT2D eigenvalue weighted by atomic mass is 9.87. The summed E-state index contributed by atoms with van der Waals surface area (Å²) in [6.07, 6.45) is 8.71. The number of rotatable bonds is 4. The van der Waals surface area contributed by atoms with E-state index < -0.39 is 0 Å². The zero-order valence-corrected chi connectivity index (χ0v) is 14.1. The van der Waals surface area contributed by atoms with E-state index in [-0.39, 0.29) is 11.9 Å². The van der Waals surface area contributed by atoms with Crippen LogP contribution in [0.2, 0.25) is 0 Å². The van der Waals surface area contributed by atoms with Crippen LogP contribution >= 0.6 is 0 Å². The van der Waals surface area contributed by atoms with Crippen molar-refractivity contribution in [1.82, 2.24) is 14.9 Å². The maximum atomic E-state index is 12.6. The van der Waals surface area contributed by atoms with Crippen molar-refractivity contribution in [1.29, 1.82) is 0 Å². The van der Waals surface area contributed by atoms with Crippen molar-refractivity contribution in [2.75, 3.05) is 0 Å². The van der Waals surface area contributed by atoms with Crippen LogP contribution in [-0.2, 0) is 13.0 Å². The molecule has 1 atom stereocenters. The molecule has 0 bridgehead atoms. The molecule has 1 amide bonds. The third-order valence-corrected chi connectivity index (χ3v) is 4.82. The molecule has 3 aromatic rings. The molecule has 1 heterocycles. The van der Waals surface area contributed by atoms with Crippen LogP contribution in [0.5, 0.6) is 0 Å². The maximum Gasteiger partial charge on any atom is 0.251 e. The molecule has 1 aromatic heterocycles. The van der Waals surface area contributed by atoms with Crippen LogP contribution in [0.3, 0.4) is 0 Å². The predicted octanol–water partition coefficient (Wildman–Crippen LogP) is 3.74. The van der Waals surface area contributed by atoms with Gasteiger partial charge in [0.05, 0.1) is 12.4 Å². The zero-order valence-electron chi connectivity index (χ0n) is 14.1. The van der Waals surface area contributed by atoms with Gasteiger partial charge in [-0.2, -0.15) is 0 Å². The van der Waals surface area contributed by atoms with E-state index in [0.717, 1.165) is 31.4 Å². The smallest absolute Gasteiger partial charge is 0.251 e. The second kappa shape index (κ2) is 6.93. The Balaban J connectivity index is 1.45. The molecule has 2 aromatic carbocycles. The van der Waals surface area contributed by atoms with Crippen molar-refractivity contribution >= 4 is 5.91 Å². The number of hydrogen-bond acceptors (Lipinski definition) is 2. The fourth-order valence-corrected chi connectivity index (χ4v) is 3.50. The molecule has 4 heteroatoms. The Hall–Kier alpha value is -2.88. The molecule has 1 N–H and O–H groups in total. The minimum Gasteiger partial charge on any atom is -0.345 e. The molecule has 0 radical (unpaired) electrons. The SMILES string of the molecule is O=C(N[C@H]1CCCc2ccccc21)c1ccc(Cn2ccnc2)cc1. The van der Waals surface area contributed by atoms with E-state index in [0.29, 0.717) is 5.56 Å². The molecule has 1 aliphatic carbocycles. The van der Waals surface area contributed by atoms with Gasteiger partial charge in [0.25, 0.3) is 5.91 Å². The summed E-state index contributed by atoms with van der Waals surface area (Å²) in [5, 5.41) is 3.20. The molecule has 4 rings (SSSR count). The van der Waals surface area contributed by atoms with Gasteiger partial charge in [-0.05, 0) is 48.1 Å². The highest BCUT2D eigenvalue weighted by Gasteiger charge is 2.21. The molecular formula is C21H21N3O. The predicted molar refractivity (Wildman–Crippen MR) is 97.4 cm³/mol. The summed E-state index contributed by atoms with van der Waals surface area (Å²) in [5.74, 6) is -0.00381. The fraction of sp³-hybridized carbons (Fsp3) is 0.238. The first kappa shape index (κ1) is 15.6. The highest BCUT2D eigenvalue weighted by Crippen LogP contribution is 2.29. The third-order valence-electron chi connectivity index (χ3n) is 4.82. The molecule has 0 saturated carbocycles. The van der Waals surface area contributed by atoms with Gasteiger partial charge in [-0.15, -0.1) is 0 Å². The summed E-state index contributed by atoms with van der Waals surface area (Å²) in [7, 11) is 0. The Kier molecular flexibility index (Phi) is 4.34. The van der Waals surface area contributed by atoms with Crippen molar-refractivity contribution in [2.24, 2.45) is 0 Å². The van der Waals surface area contributed by atoms with E-state index in [1.54, 1.807) is 12.5 Å². The van der Waals surface area contributed by atoms with E-state index in [1.807, 2.05) is 41.1 Å². The van der Waals surface area contributed by atoms with Gasteiger partial charge in [0.1, 0.15) is 0 Å². The number of fused-ring (bicyclic) bond motifs is 1. The van der Waals surface area contributed by atoms with Gasteiger partial charge in [-0.25, -0.2) is 4.98 Å². The summed E-state index contributed by atoms with van der Waals surface area (Å²) in [6.45, 7) is 0.762. The lowest BCUT2D eigenvalue weighted by Crippen LogP contribution is -2.30. The number of amides is 1. The average Bonchev–Trinajstić information content (AvgIpc) is 3.16. The topological polar surface area (TPSA) is 46.9 Å². The summed E-state index contributed by atoms with van der Waals surface area (Å²) >= 11 is 0. The highest BCUT2D eigenvalue weighted by atomic mass is 16.1. The van der Waals surface area contributed by atoms with Crippen molar-refractivity contribution < 1.29 is 4.79 Å². The first-order valence-corrected chi connectivity index (χ1v) is 8.73. The standard InChI is InChI=1S/C21H21N3O/c25-21(23-20-7-3-5-17-4-1-2-6-19(17)20)18-10-8-16(9-11-18)14-24-13-12-22-15-24/h1-2,4,6,8-13,15,20H,3,5,7,14H2,(H,23,25)/t20-/m0/s1. The quantitative estimate of drug-likeness (QED) is 0.792. The molecule has 0 unspecified atom stereocenters. The molecule has 126 valence electrons. The van der Waals surface area contributed by atoms with Crippen LogP contribution in [0.15, 0.2) is 67.3 Å². The summed E-state index contributed by atoms with van der Waals surface area (Å²) in [4.78, 5) is 16.7. The molecular weight excluding hydrogens is 310 g/mol. The maximum absolute atomic E-state index is 12.6. The minimum absolute atomic E-state index is 0.00381. The Morgan fingerprint density at radius 1 is 1.16 bits per heavy atom. The number of hydrogen-bond donors (Lipinski definition) is 1. The Bertz CT molecular complexity index is 853. The summed E-state index contributed by atoms with van der Waals surface area (Å²) < 4.78 is 2.01. The second-order valence-electron chi connectivity index (χ2n) is 6.55. The summed E-state index contributed by atoms with van der Waals surface area (Å²) in [5.41, 5.74) is 4.48. The molecule has 0 fully saturated rings.